The van der Waals surface area contributed by atoms with E-state index in [0.29, 0.717) is 35.4 Å². The summed E-state index contributed by atoms with van der Waals surface area (Å²) in [5, 5.41) is 79.8. The van der Waals surface area contributed by atoms with Crippen molar-refractivity contribution >= 4 is 122 Å². The quantitative estimate of drug-likeness (QED) is 0.0466. The standard InChI is InChI=1S/C10H20NO.C10H19NO.2C10H20N.I3.I2.2HI.4H2O2.H2O.4Y/c2*1-8-6-9(2,3)11(12)10(4,5)7-8;2*1-8-6-9(2,3)11-10(4,5)7-8;1-3-2;1-2;;;4*1-2;;;;;/h12H,6-7H2,1-5H3;6-7H2,1-5H3;2*11H,6-7H2,1-5H3;;;2*1H;4*1-2H;1H2;;;;/q-1;-2;3*-1;;;;;;;;;;;;/p-1. The predicted molar refractivity (Wildman–Crippen MR) is 310 cm³/mol. The largest absolute Gasteiger partial charge is 0.870 e. The molecule has 66 heavy (non-hydrogen) atoms. The first-order chi connectivity index (χ1) is 26.5. The number of hydroxylamine groups is 4. The Kier molecular flexibility index (Phi) is 86.1. The van der Waals surface area contributed by atoms with E-state index < -0.39 is 0 Å². The van der Waals surface area contributed by atoms with Gasteiger partial charge in [-0.3, -0.25) is 42.1 Å². The summed E-state index contributed by atoms with van der Waals surface area (Å²) in [6, 6.07) is 0. The van der Waals surface area contributed by atoms with E-state index in [-0.39, 0.29) is 206 Å². The van der Waals surface area contributed by atoms with Gasteiger partial charge in [0.15, 0.2) is 0 Å². The summed E-state index contributed by atoms with van der Waals surface area (Å²) >= 11 is 9.54. The number of hydrogen-bond donors (Lipinski definition) is 11. The number of nitrogens with one attached hydrogen (secondary N) is 2. The molecule has 0 saturated carbocycles. The van der Waals surface area contributed by atoms with Gasteiger partial charge in [0, 0.05) is 179 Å². The fraction of sp³-hybridized carbons (Fsp3) is 0.900. The zero-order chi connectivity index (χ0) is 49.2. The fourth-order valence-corrected chi connectivity index (χ4v) is 10.2. The van der Waals surface area contributed by atoms with Gasteiger partial charge in [-0.2, -0.15) is 84.1 Å². The Balaban J connectivity index is -0.0000000460. The van der Waals surface area contributed by atoms with Crippen LogP contribution in [0.2, 0.25) is 0 Å². The molecule has 0 unspecified atom stereocenters. The smallest absolute Gasteiger partial charge is 0 e. The summed E-state index contributed by atoms with van der Waals surface area (Å²) in [7, 11) is 0. The molecule has 0 amide bonds. The molecule has 4 heterocycles. The van der Waals surface area contributed by atoms with Crippen LogP contribution in [-0.4, -0.2) is 107 Å². The molecule has 12 N–H and O–H groups in total. The van der Waals surface area contributed by atoms with Gasteiger partial charge in [-0.25, -0.2) is 0 Å². The third kappa shape index (κ3) is 52.3. The molecule has 0 spiro atoms. The first kappa shape index (κ1) is 107. The molecule has 0 aliphatic carbocycles. The SMILES string of the molecule is C[C-]1CC(C)(C)N(O)C(C)(C)C1.C[C-]1CC(C)(C)N([O-])C(C)(C)C1.C[C-]1CC(C)(C)NC(C)(C)C1.C[C-]1CC(C)(C)NC(C)(C)C1.I.I.II.I[I-]I.OO.OO.OO.OO.[OH-].[Y].[Y].[Y].[Y]. The molecule has 0 atom stereocenters. The number of halogens is 7. The second-order valence-electron chi connectivity index (χ2n) is 20.9. The van der Waals surface area contributed by atoms with Crippen molar-refractivity contribution < 1.29 is 197 Å². The maximum atomic E-state index is 11.8. The first-order valence-corrected chi connectivity index (χ1v) is 38.0. The van der Waals surface area contributed by atoms with Crippen LogP contribution in [0.15, 0.2) is 0 Å². The Labute approximate surface area is 591 Å². The number of rotatable bonds is 0. The maximum absolute atomic E-state index is 11.8. The van der Waals surface area contributed by atoms with E-state index in [9.17, 15) is 10.4 Å². The molecule has 4 rings (SSSR count). The molecular formula is C40H90I7N4O11Y4-7. The van der Waals surface area contributed by atoms with E-state index in [4.69, 9.17) is 42.1 Å². The molecule has 0 bridgehead atoms. The van der Waals surface area contributed by atoms with Gasteiger partial charge in [-0.15, -0.1) is 48.0 Å². The Morgan fingerprint density at radius 3 is 0.712 bits per heavy atom. The van der Waals surface area contributed by atoms with Gasteiger partial charge >= 0.3 is 50.5 Å². The van der Waals surface area contributed by atoms with Gasteiger partial charge in [0.1, 0.15) is 0 Å². The number of nitrogens with zero attached hydrogens (tertiary/aromatic N) is 2. The summed E-state index contributed by atoms with van der Waals surface area (Å²) in [5.74, 6) is 6.17. The normalized spacial score (nSPS) is 22.0. The molecule has 4 aliphatic heterocycles. The van der Waals surface area contributed by atoms with Crippen LogP contribution in [0.5, 0.6) is 0 Å². The van der Waals surface area contributed by atoms with Crippen LogP contribution in [-0.2, 0) is 131 Å². The van der Waals surface area contributed by atoms with Crippen LogP contribution in [0, 0.1) is 28.9 Å². The summed E-state index contributed by atoms with van der Waals surface area (Å²) in [6.07, 6.45) is 8.72. The molecule has 0 aromatic rings. The Bertz CT molecular complexity index is 901. The molecule has 4 fully saturated rings. The van der Waals surface area contributed by atoms with Gasteiger partial charge in [-0.05, 0) is 116 Å². The molecule has 404 valence electrons. The van der Waals surface area contributed by atoms with Crippen molar-refractivity contribution in [3.8, 4) is 0 Å². The first-order valence-electron chi connectivity index (χ1n) is 19.2. The van der Waals surface area contributed by atoms with Crippen LogP contribution in [0.3, 0.4) is 0 Å². The third-order valence-corrected chi connectivity index (χ3v) is 9.51. The summed E-state index contributed by atoms with van der Waals surface area (Å²) < 4.78 is 0. The van der Waals surface area contributed by atoms with Crippen molar-refractivity contribution in [1.82, 2.24) is 20.8 Å². The van der Waals surface area contributed by atoms with Crippen molar-refractivity contribution in [3.05, 3.63) is 28.9 Å². The van der Waals surface area contributed by atoms with Crippen LogP contribution >= 0.6 is 122 Å². The van der Waals surface area contributed by atoms with E-state index in [1.807, 2.05) is 27.7 Å². The second-order valence-corrected chi connectivity index (χ2v) is 37.2. The van der Waals surface area contributed by atoms with Gasteiger partial charge in [0.2, 0.25) is 0 Å². The van der Waals surface area contributed by atoms with E-state index in [0.717, 1.165) is 25.7 Å². The van der Waals surface area contributed by atoms with E-state index in [1.165, 1.54) is 47.6 Å². The summed E-state index contributed by atoms with van der Waals surface area (Å²) in [6.45, 7) is 43.5. The maximum Gasteiger partial charge on any atom is 0 e. The second kappa shape index (κ2) is 53.2. The number of hydrogen-bond acceptors (Lipinski definition) is 15. The average molecular weight is 2050 g/mol. The van der Waals surface area contributed by atoms with Gasteiger partial charge < -0.3 is 55.3 Å². The third-order valence-electron chi connectivity index (χ3n) is 9.51. The molecule has 0 aromatic carbocycles. The van der Waals surface area contributed by atoms with Crippen molar-refractivity contribution in [2.45, 2.75) is 234 Å². The van der Waals surface area contributed by atoms with Crippen molar-refractivity contribution in [1.29, 1.82) is 0 Å². The van der Waals surface area contributed by atoms with Crippen molar-refractivity contribution in [3.63, 3.8) is 0 Å². The van der Waals surface area contributed by atoms with Crippen LogP contribution < -0.4 is 23.9 Å². The predicted octanol–water partition coefficient (Wildman–Crippen LogP) is 12.1. The zero-order valence-corrected chi connectivity index (χ0v) is 70.2. The Morgan fingerprint density at radius 2 is 0.561 bits per heavy atom. The van der Waals surface area contributed by atoms with Gasteiger partial charge in [0.05, 0.1) is 0 Å². The molecule has 4 radical (unpaired) electrons. The van der Waals surface area contributed by atoms with Crippen molar-refractivity contribution in [2.24, 2.45) is 0 Å². The van der Waals surface area contributed by atoms with Crippen molar-refractivity contribution in [2.75, 3.05) is 0 Å². The number of piperidine rings is 4. The molecule has 4 saturated heterocycles. The molecule has 0 aromatic heterocycles. The minimum Gasteiger partial charge on any atom is -0.870 e. The van der Waals surface area contributed by atoms with Gasteiger partial charge in [0.25, 0.3) is 0 Å². The minimum absolute atomic E-state index is 0. The van der Waals surface area contributed by atoms with Crippen LogP contribution in [0.1, 0.15) is 190 Å². The Hall–Kier alpha value is 8.93. The minimum atomic E-state index is -0.216. The Morgan fingerprint density at radius 1 is 0.424 bits per heavy atom. The topological polar surface area (TPSA) is 266 Å². The molecule has 26 heteroatoms. The molecule has 4 aliphatic rings. The van der Waals surface area contributed by atoms with E-state index >= 15 is 0 Å². The van der Waals surface area contributed by atoms with E-state index in [1.54, 1.807) is 11.8 Å². The van der Waals surface area contributed by atoms with E-state index in [2.05, 4.69) is 196 Å². The fourth-order valence-electron chi connectivity index (χ4n) is 10.2. The monoisotopic (exact) mass is 2050 g/mol. The van der Waals surface area contributed by atoms with Crippen LogP contribution in [0.25, 0.3) is 0 Å². The summed E-state index contributed by atoms with van der Waals surface area (Å²) in [4.78, 5) is 0. The van der Waals surface area contributed by atoms with Crippen LogP contribution in [0.4, 0.5) is 0 Å². The average Bonchev–Trinajstić information content (AvgIpc) is 3.04. The summed E-state index contributed by atoms with van der Waals surface area (Å²) in [5.41, 5.74) is 0.546. The zero-order valence-electron chi connectivity index (χ0n) is 43.4. The molecular weight excluding hydrogens is 1960 g/mol. The van der Waals surface area contributed by atoms with Gasteiger partial charge in [-0.1, -0.05) is 27.7 Å². The molecule has 15 nitrogen and oxygen atoms in total.